The Labute approximate surface area is 254 Å². The topological polar surface area (TPSA) is 246 Å². The molecule has 7 heterocycles. The predicted octanol–water partition coefficient (Wildman–Crippen LogP) is 0.107. The number of aliphatic hydroxyl groups excluding tert-OH is 1. The first-order valence-corrected chi connectivity index (χ1v) is 18.0. The number of aromatic nitrogens is 8. The molecule has 19 nitrogen and oxygen atoms in total. The molecular formula is C20H22FN9O10P2S2. The van der Waals surface area contributed by atoms with Gasteiger partial charge < -0.3 is 34.7 Å². The monoisotopic (exact) mass is 693 g/mol. The van der Waals surface area contributed by atoms with Crippen molar-refractivity contribution in [1.82, 2.24) is 39.0 Å². The average molecular weight is 694 g/mol. The zero-order valence-electron chi connectivity index (χ0n) is 21.8. The number of imidazole rings is 2. The Morgan fingerprint density at radius 1 is 1.00 bits per heavy atom. The highest BCUT2D eigenvalue weighted by atomic mass is 32.7. The summed E-state index contributed by atoms with van der Waals surface area (Å²) < 4.78 is 65.9. The van der Waals surface area contributed by atoms with Gasteiger partial charge in [0.2, 0.25) is 0 Å². The number of nitrogens with zero attached hydrogens (tertiary/aromatic N) is 7. The first-order chi connectivity index (χ1) is 20.9. The van der Waals surface area contributed by atoms with Gasteiger partial charge in [0.05, 0.1) is 32.2 Å². The third kappa shape index (κ3) is 5.27. The number of aliphatic hydroxyl groups is 1. The van der Waals surface area contributed by atoms with E-state index in [0.717, 1.165) is 17.2 Å². The molecule has 0 aromatic carbocycles. The molecule has 24 heteroatoms. The molecule has 44 heavy (non-hydrogen) atoms. The lowest BCUT2D eigenvalue weighted by atomic mass is 10.1. The molecule has 0 radical (unpaired) electrons. The second-order valence-electron chi connectivity index (χ2n) is 9.87. The van der Waals surface area contributed by atoms with Crippen LogP contribution in [-0.4, -0.2) is 98.9 Å². The lowest BCUT2D eigenvalue weighted by Crippen LogP contribution is -2.35. The maximum atomic E-state index is 16.0. The highest BCUT2D eigenvalue weighted by Crippen LogP contribution is 2.58. The van der Waals surface area contributed by atoms with Crippen molar-refractivity contribution in [3.63, 3.8) is 0 Å². The number of nitrogen functional groups attached to an aromatic ring is 1. The van der Waals surface area contributed by atoms with E-state index < -0.39 is 81.4 Å². The smallest absolute Gasteiger partial charge is 0.386 e. The van der Waals surface area contributed by atoms with E-state index in [4.69, 9.17) is 45.1 Å². The molecule has 2 unspecified atom stereocenters. The van der Waals surface area contributed by atoms with E-state index in [1.165, 1.54) is 17.2 Å². The van der Waals surface area contributed by atoms with Crippen molar-refractivity contribution in [1.29, 1.82) is 0 Å². The van der Waals surface area contributed by atoms with E-state index in [9.17, 15) is 19.4 Å². The minimum atomic E-state index is -4.36. The zero-order valence-corrected chi connectivity index (χ0v) is 25.3. The summed E-state index contributed by atoms with van der Waals surface area (Å²) in [5.41, 5.74) is 5.70. The number of nitrogens with two attached hydrogens (primary N) is 1. The number of H-pyrrole nitrogens is 1. The number of halogens is 1. The quantitative estimate of drug-likeness (QED) is 0.138. The first kappa shape index (κ1) is 30.2. The second-order valence-corrected chi connectivity index (χ2v) is 15.5. The fourth-order valence-corrected chi connectivity index (χ4v) is 8.08. The number of hydrogen-bond acceptors (Lipinski definition) is 16. The van der Waals surface area contributed by atoms with Crippen molar-refractivity contribution in [2.75, 3.05) is 18.9 Å². The third-order valence-corrected chi connectivity index (χ3v) is 10.4. The first-order valence-electron chi connectivity index (χ1n) is 12.7. The van der Waals surface area contributed by atoms with Gasteiger partial charge in [-0.1, -0.05) is 12.2 Å². The normalized spacial score (nSPS) is 38.3. The molecule has 0 saturated carbocycles. The third-order valence-electron chi connectivity index (χ3n) is 7.19. The van der Waals surface area contributed by atoms with Crippen molar-refractivity contribution < 1.29 is 46.5 Å². The summed E-state index contributed by atoms with van der Waals surface area (Å²) in [4.78, 5) is 45.6. The minimum Gasteiger partial charge on any atom is -0.387 e. The lowest BCUT2D eigenvalue weighted by molar-refractivity contribution is -0.0584. The molecule has 5 N–H and O–H groups in total. The summed E-state index contributed by atoms with van der Waals surface area (Å²) in [7, 11) is 0. The molecule has 3 aliphatic rings. The van der Waals surface area contributed by atoms with Gasteiger partial charge in [-0.2, -0.15) is 0 Å². The van der Waals surface area contributed by atoms with Crippen LogP contribution in [0.25, 0.3) is 22.3 Å². The highest BCUT2D eigenvalue weighted by molar-refractivity contribution is 8.44. The largest absolute Gasteiger partial charge is 0.387 e. The van der Waals surface area contributed by atoms with Gasteiger partial charge in [-0.25, -0.2) is 33.9 Å². The number of rotatable bonds is 2. The van der Waals surface area contributed by atoms with E-state index in [1.807, 2.05) is 0 Å². The summed E-state index contributed by atoms with van der Waals surface area (Å²) in [6.45, 7) is -9.81. The van der Waals surface area contributed by atoms with Gasteiger partial charge in [-0.15, -0.1) is 0 Å². The number of alkyl halides is 1. The summed E-state index contributed by atoms with van der Waals surface area (Å²) >= 11 is 9.21. The molecule has 3 aliphatic heterocycles. The van der Waals surface area contributed by atoms with Crippen LogP contribution in [0.4, 0.5) is 10.2 Å². The van der Waals surface area contributed by atoms with Crippen molar-refractivity contribution in [3.8, 4) is 0 Å². The van der Waals surface area contributed by atoms with Crippen LogP contribution in [0.3, 0.4) is 0 Å². The number of anilines is 1. The molecule has 0 spiro atoms. The van der Waals surface area contributed by atoms with Gasteiger partial charge in [0.1, 0.15) is 42.4 Å². The standard InChI is InChI=1S/C20H22FN9O10P2S2/c21-9-13-8(38-19(9)29-6-28-11-17(29)25-4-26-18(11)32)2-36-42(34,44)40-14-12(31)7(1-35-41(33,43)39-13)37-20(14)30-5-27-10-15(22)23-3-24-16(10)30/h3-9,12-14,19-20,31H,1-2H2,(H,33,43)(H,34,44)(H2,22,23,24)(H,25,26,32)/t7-,8-,9-,12-,13-,14-,19-,20-,41?,42?/m1/s1. The molecule has 236 valence electrons. The van der Waals surface area contributed by atoms with Crippen LogP contribution in [0.15, 0.2) is 30.1 Å². The Morgan fingerprint density at radius 3 is 2.48 bits per heavy atom. The molecule has 3 saturated heterocycles. The van der Waals surface area contributed by atoms with E-state index in [1.54, 1.807) is 0 Å². The summed E-state index contributed by atoms with van der Waals surface area (Å²) in [5, 5.41) is 11.1. The van der Waals surface area contributed by atoms with E-state index >= 15 is 4.39 Å². The Hall–Kier alpha value is -2.46. The fourth-order valence-electron chi connectivity index (χ4n) is 5.18. The SMILES string of the molecule is Nc1ncnc2c1ncn2[C@@H]1O[C@@H]2COP(O)(=S)O[C@H]3[C@@H](F)[C@H](n4cnc5c(=O)[nH]cnc54)O[C@@H]3COP(=O)(S)O[C@@H]1[C@@H]2O. The van der Waals surface area contributed by atoms with Gasteiger partial charge >= 0.3 is 13.5 Å². The Morgan fingerprint density at radius 2 is 1.68 bits per heavy atom. The molecule has 0 aliphatic carbocycles. The molecule has 4 aromatic heterocycles. The van der Waals surface area contributed by atoms with Crippen molar-refractivity contribution >= 4 is 65.7 Å². The van der Waals surface area contributed by atoms with Gasteiger partial charge in [-0.05, 0) is 11.8 Å². The maximum Gasteiger partial charge on any atom is 0.386 e. The van der Waals surface area contributed by atoms with Crippen LogP contribution in [0.5, 0.6) is 0 Å². The number of hydrogen-bond donors (Lipinski definition) is 5. The molecular weight excluding hydrogens is 671 g/mol. The number of aromatic amines is 1. The Kier molecular flexibility index (Phi) is 7.63. The number of fused-ring (bicyclic) bond motifs is 5. The zero-order chi connectivity index (χ0) is 31.0. The van der Waals surface area contributed by atoms with Crippen molar-refractivity contribution in [2.24, 2.45) is 0 Å². The van der Waals surface area contributed by atoms with Crippen LogP contribution < -0.4 is 11.3 Å². The lowest BCUT2D eigenvalue weighted by Gasteiger charge is -2.27. The molecule has 0 amide bonds. The van der Waals surface area contributed by atoms with Gasteiger partial charge in [0.15, 0.2) is 41.3 Å². The summed E-state index contributed by atoms with van der Waals surface area (Å²) in [6, 6.07) is 0. The fraction of sp³-hybridized carbons (Fsp3) is 0.500. The molecule has 2 bridgehead atoms. The van der Waals surface area contributed by atoms with Gasteiger partial charge in [-0.3, -0.25) is 27.5 Å². The molecule has 3 fully saturated rings. The highest BCUT2D eigenvalue weighted by Gasteiger charge is 2.53. The van der Waals surface area contributed by atoms with Crippen LogP contribution in [0.1, 0.15) is 12.5 Å². The van der Waals surface area contributed by atoms with Crippen LogP contribution in [0, 0.1) is 0 Å². The average Bonchev–Trinajstić information content (AvgIpc) is 3.73. The summed E-state index contributed by atoms with van der Waals surface area (Å²) in [5.74, 6) is 0.0787. The number of ether oxygens (including phenoxy) is 2. The van der Waals surface area contributed by atoms with Gasteiger partial charge in [0, 0.05) is 0 Å². The predicted molar refractivity (Wildman–Crippen MR) is 151 cm³/mol. The van der Waals surface area contributed by atoms with Crippen LogP contribution in [-0.2, 0) is 43.9 Å². The van der Waals surface area contributed by atoms with Crippen LogP contribution >= 0.6 is 25.8 Å². The number of nitrogens with one attached hydrogen (secondary N) is 1. The van der Waals surface area contributed by atoms with Crippen LogP contribution in [0.2, 0.25) is 0 Å². The van der Waals surface area contributed by atoms with Gasteiger partial charge in [0.25, 0.3) is 5.56 Å². The van der Waals surface area contributed by atoms with E-state index in [0.29, 0.717) is 0 Å². The van der Waals surface area contributed by atoms with Crippen molar-refractivity contribution in [3.05, 3.63) is 35.7 Å². The molecule has 7 rings (SSSR count). The van der Waals surface area contributed by atoms with E-state index in [-0.39, 0.29) is 28.1 Å². The Bertz CT molecular complexity index is 1900. The molecule has 4 aromatic rings. The minimum absolute atomic E-state index is 0.00631. The molecule has 10 atom stereocenters. The second kappa shape index (κ2) is 11.1. The number of thiol groups is 1. The van der Waals surface area contributed by atoms with Crippen molar-refractivity contribution in [2.45, 2.75) is 49.1 Å². The van der Waals surface area contributed by atoms with E-state index in [2.05, 4.69) is 42.2 Å². The Balaban J connectivity index is 1.20. The summed E-state index contributed by atoms with van der Waals surface area (Å²) in [6.07, 6.45) is -7.15. The maximum absolute atomic E-state index is 16.0.